The van der Waals surface area contributed by atoms with Crippen LogP contribution in [0.15, 0.2) is 84.9 Å². The van der Waals surface area contributed by atoms with E-state index in [0.29, 0.717) is 50.7 Å². The molecule has 1 aliphatic heterocycles. The third kappa shape index (κ3) is 7.27. The fourth-order valence-corrected chi connectivity index (χ4v) is 6.17. The minimum Gasteiger partial charge on any atom is -0.360 e. The maximum Gasteiger partial charge on any atom is 0.250 e. The zero-order valence-electron chi connectivity index (χ0n) is 22.5. The molecule has 0 atom stereocenters. The summed E-state index contributed by atoms with van der Waals surface area (Å²) in [5.74, 6) is -0.300. The topological polar surface area (TPSA) is 65.4 Å². The fraction of sp³-hybridized carbons (Fsp3) is 0.212. The van der Waals surface area contributed by atoms with Gasteiger partial charge in [0.25, 0.3) is 0 Å². The maximum atomic E-state index is 12.9. The van der Waals surface area contributed by atoms with Crippen molar-refractivity contribution in [1.29, 1.82) is 5.26 Å². The normalized spacial score (nSPS) is 14.7. The molecule has 1 aliphatic rings. The zero-order chi connectivity index (χ0) is 29.7. The minimum absolute atomic E-state index is 0.143. The molecule has 4 aromatic rings. The van der Waals surface area contributed by atoms with E-state index in [1.54, 1.807) is 30.3 Å². The minimum atomic E-state index is -0.676. The molecule has 0 radical (unpaired) electrons. The van der Waals surface area contributed by atoms with Gasteiger partial charge >= 0.3 is 0 Å². The number of carbonyl (C=O) groups is 1. The monoisotopic (exact) mass is 637 g/mol. The average Bonchev–Trinajstić information content (AvgIpc) is 2.99. The Balaban J connectivity index is 1.35. The molecule has 1 N–H and O–H groups in total. The van der Waals surface area contributed by atoms with Crippen molar-refractivity contribution >= 4 is 58.0 Å². The molecule has 5 rings (SSSR count). The lowest BCUT2D eigenvalue weighted by molar-refractivity contribution is -0.135. The Labute approximate surface area is 265 Å². The molecule has 0 unspecified atom stereocenters. The van der Waals surface area contributed by atoms with E-state index in [9.17, 15) is 10.1 Å². The van der Waals surface area contributed by atoms with Gasteiger partial charge in [0, 0.05) is 35.4 Å². The van der Waals surface area contributed by atoms with Crippen molar-refractivity contribution in [1.82, 2.24) is 4.90 Å². The van der Waals surface area contributed by atoms with E-state index in [1.807, 2.05) is 54.6 Å². The Bertz CT molecular complexity index is 1610. The van der Waals surface area contributed by atoms with Crippen molar-refractivity contribution in [2.45, 2.75) is 25.0 Å². The first kappa shape index (κ1) is 30.4. The molecule has 0 bridgehead atoms. The van der Waals surface area contributed by atoms with Crippen LogP contribution in [0.5, 0.6) is 0 Å². The molecule has 1 fully saturated rings. The summed E-state index contributed by atoms with van der Waals surface area (Å²) < 4.78 is 6.48. The summed E-state index contributed by atoms with van der Waals surface area (Å²) in [6, 6.07) is 28.4. The Kier molecular flexibility index (Phi) is 9.75. The number of halogens is 4. The number of nitriles is 1. The second-order valence-corrected chi connectivity index (χ2v) is 11.9. The highest BCUT2D eigenvalue weighted by Gasteiger charge is 2.38. The Morgan fingerprint density at radius 3 is 2.26 bits per heavy atom. The highest BCUT2D eigenvalue weighted by Crippen LogP contribution is 2.39. The molecule has 9 heteroatoms. The van der Waals surface area contributed by atoms with E-state index in [-0.39, 0.29) is 12.5 Å². The Morgan fingerprint density at radius 2 is 1.57 bits per heavy atom. The van der Waals surface area contributed by atoms with Crippen LogP contribution in [-0.2, 0) is 21.7 Å². The molecule has 42 heavy (non-hydrogen) atoms. The summed E-state index contributed by atoms with van der Waals surface area (Å²) in [6.45, 7) is 2.00. The van der Waals surface area contributed by atoms with Gasteiger partial charge in [0.2, 0.25) is 5.91 Å². The van der Waals surface area contributed by atoms with Crippen molar-refractivity contribution in [3.05, 3.63) is 122 Å². The smallest absolute Gasteiger partial charge is 0.250 e. The molecule has 5 nitrogen and oxygen atoms in total. The summed E-state index contributed by atoms with van der Waals surface area (Å²) in [7, 11) is 0. The fourth-order valence-electron chi connectivity index (χ4n) is 5.26. The molecule has 0 saturated carbocycles. The van der Waals surface area contributed by atoms with Gasteiger partial charge in [0.15, 0.2) is 0 Å². The van der Waals surface area contributed by atoms with E-state index < -0.39 is 5.60 Å². The number of amides is 1. The number of likely N-dealkylation sites (tertiary alicyclic amines) is 1. The molecule has 0 spiro atoms. The predicted octanol–water partition coefficient (Wildman–Crippen LogP) is 8.99. The van der Waals surface area contributed by atoms with Crippen molar-refractivity contribution in [2.75, 3.05) is 25.0 Å². The summed E-state index contributed by atoms with van der Waals surface area (Å²) in [4.78, 5) is 15.3. The van der Waals surface area contributed by atoms with Crippen LogP contribution in [0, 0.1) is 11.3 Å². The molecule has 1 amide bonds. The van der Waals surface area contributed by atoms with E-state index in [4.69, 9.17) is 51.1 Å². The standard InChI is InChI=1S/C33H27Cl4N3O2/c34-27-16-28(35)18-29(17-27)39-31(41)21-42-33(11-13-40(14-12-33)20-25-5-2-6-30(36)32(25)37)26-9-7-23(8-10-26)24-4-1-3-22(15-24)19-38/h1-10,15-18H,11-14,20-21H2,(H,39,41). The number of benzene rings is 4. The lowest BCUT2D eigenvalue weighted by Crippen LogP contribution is -2.45. The highest BCUT2D eigenvalue weighted by molar-refractivity contribution is 6.42. The maximum absolute atomic E-state index is 12.9. The van der Waals surface area contributed by atoms with Gasteiger partial charge in [-0.05, 0) is 71.5 Å². The van der Waals surface area contributed by atoms with E-state index in [0.717, 1.165) is 35.3 Å². The van der Waals surface area contributed by atoms with Gasteiger partial charge in [-0.3, -0.25) is 9.69 Å². The number of anilines is 1. The summed E-state index contributed by atoms with van der Waals surface area (Å²) >= 11 is 24.9. The molecule has 1 saturated heterocycles. The quantitative estimate of drug-likeness (QED) is 0.209. The largest absolute Gasteiger partial charge is 0.360 e. The first-order chi connectivity index (χ1) is 20.2. The zero-order valence-corrected chi connectivity index (χ0v) is 25.6. The average molecular weight is 639 g/mol. The van der Waals surface area contributed by atoms with E-state index in [2.05, 4.69) is 16.3 Å². The van der Waals surface area contributed by atoms with Gasteiger partial charge in [-0.25, -0.2) is 0 Å². The van der Waals surface area contributed by atoms with Crippen LogP contribution in [0.3, 0.4) is 0 Å². The molecule has 4 aromatic carbocycles. The number of hydrogen-bond donors (Lipinski definition) is 1. The van der Waals surface area contributed by atoms with Crippen molar-refractivity contribution in [2.24, 2.45) is 0 Å². The van der Waals surface area contributed by atoms with Crippen LogP contribution < -0.4 is 5.32 Å². The number of nitrogens with zero attached hydrogens (tertiary/aromatic N) is 2. The van der Waals surface area contributed by atoms with Crippen LogP contribution in [0.25, 0.3) is 11.1 Å². The summed E-state index contributed by atoms with van der Waals surface area (Å²) in [6.07, 6.45) is 1.34. The van der Waals surface area contributed by atoms with Gasteiger partial charge < -0.3 is 10.1 Å². The number of ether oxygens (including phenoxy) is 1. The Morgan fingerprint density at radius 1 is 0.881 bits per heavy atom. The third-order valence-corrected chi connectivity index (χ3v) is 8.75. The first-order valence-electron chi connectivity index (χ1n) is 13.4. The van der Waals surface area contributed by atoms with Gasteiger partial charge in [-0.15, -0.1) is 0 Å². The molecular weight excluding hydrogens is 612 g/mol. The van der Waals surface area contributed by atoms with Gasteiger partial charge in [0.05, 0.1) is 27.3 Å². The summed E-state index contributed by atoms with van der Waals surface area (Å²) in [5.41, 5.74) is 4.36. The number of hydrogen-bond acceptors (Lipinski definition) is 4. The number of nitrogens with one attached hydrogen (secondary N) is 1. The summed E-state index contributed by atoms with van der Waals surface area (Å²) in [5, 5.41) is 14.1. The van der Waals surface area contributed by atoms with Crippen LogP contribution in [0.2, 0.25) is 20.1 Å². The predicted molar refractivity (Wildman–Crippen MR) is 170 cm³/mol. The van der Waals surface area contributed by atoms with Gasteiger partial charge in [-0.1, -0.05) is 94.9 Å². The lowest BCUT2D eigenvalue weighted by atomic mass is 9.83. The van der Waals surface area contributed by atoms with Crippen LogP contribution in [0.4, 0.5) is 5.69 Å². The molecule has 0 aromatic heterocycles. The SMILES string of the molecule is N#Cc1cccc(-c2ccc(C3(OCC(=O)Nc4cc(Cl)cc(Cl)c4)CCN(Cc4cccc(Cl)c4Cl)CC3)cc2)c1. The van der Waals surface area contributed by atoms with Gasteiger partial charge in [0.1, 0.15) is 6.61 Å². The highest BCUT2D eigenvalue weighted by atomic mass is 35.5. The van der Waals surface area contributed by atoms with Crippen molar-refractivity contribution in [3.8, 4) is 17.2 Å². The molecule has 214 valence electrons. The number of piperidine rings is 1. The van der Waals surface area contributed by atoms with Crippen LogP contribution >= 0.6 is 46.4 Å². The lowest BCUT2D eigenvalue weighted by Gasteiger charge is -2.42. The van der Waals surface area contributed by atoms with Crippen molar-refractivity contribution in [3.63, 3.8) is 0 Å². The van der Waals surface area contributed by atoms with Crippen LogP contribution in [0.1, 0.15) is 29.5 Å². The number of rotatable bonds is 8. The molecule has 0 aliphatic carbocycles. The third-order valence-electron chi connectivity index (χ3n) is 7.45. The van der Waals surface area contributed by atoms with E-state index >= 15 is 0 Å². The van der Waals surface area contributed by atoms with Gasteiger partial charge in [-0.2, -0.15) is 5.26 Å². The Hall–Kier alpha value is -3.08. The molecular formula is C33H27Cl4N3O2. The van der Waals surface area contributed by atoms with E-state index in [1.165, 1.54) is 0 Å². The van der Waals surface area contributed by atoms with Crippen molar-refractivity contribution < 1.29 is 9.53 Å². The first-order valence-corrected chi connectivity index (χ1v) is 14.9. The second-order valence-electron chi connectivity index (χ2n) is 10.2. The number of carbonyl (C=O) groups excluding carboxylic acids is 1. The second kappa shape index (κ2) is 13.5. The molecule has 1 heterocycles. The van der Waals surface area contributed by atoms with Crippen LogP contribution in [-0.4, -0.2) is 30.5 Å².